The smallest absolute Gasteiger partial charge is 0.416 e. The van der Waals surface area contributed by atoms with Crippen LogP contribution in [-0.4, -0.2) is 25.0 Å². The molecule has 28 heavy (non-hydrogen) atoms. The summed E-state index contributed by atoms with van der Waals surface area (Å²) in [5.74, 6) is -0.813. The highest BCUT2D eigenvalue weighted by Crippen LogP contribution is 2.37. The molecule has 2 atom stereocenters. The third-order valence-corrected chi connectivity index (χ3v) is 4.72. The van der Waals surface area contributed by atoms with Crippen LogP contribution in [0.25, 0.3) is 0 Å². The molecule has 8 heteroatoms. The van der Waals surface area contributed by atoms with Crippen LogP contribution in [0, 0.1) is 0 Å². The molecule has 5 nitrogen and oxygen atoms in total. The van der Waals surface area contributed by atoms with Crippen LogP contribution < -0.4 is 15.4 Å². The standard InChI is InChI=1S/C20H19F3N2O3/c1-11(26)24-18-16(12-3-6-15(28-2)7-4-12)10-13-9-14(20(21,22)23)5-8-17(13)25-19(18)27/h3-9,16,18H,10H2,1-2H3,(H,24,26)(H,25,27)/t16-,18+/m0/s1. The van der Waals surface area contributed by atoms with Crippen LogP contribution in [0.4, 0.5) is 18.9 Å². The van der Waals surface area contributed by atoms with Crippen molar-refractivity contribution in [3.8, 4) is 5.75 Å². The van der Waals surface area contributed by atoms with Gasteiger partial charge in [-0.05, 0) is 47.9 Å². The van der Waals surface area contributed by atoms with Crippen molar-refractivity contribution in [2.75, 3.05) is 12.4 Å². The van der Waals surface area contributed by atoms with Crippen LogP contribution in [0.15, 0.2) is 42.5 Å². The summed E-state index contributed by atoms with van der Waals surface area (Å²) in [4.78, 5) is 24.4. The van der Waals surface area contributed by atoms with E-state index in [0.717, 1.165) is 12.1 Å². The molecule has 148 valence electrons. The number of ether oxygens (including phenoxy) is 1. The fourth-order valence-electron chi connectivity index (χ4n) is 3.36. The summed E-state index contributed by atoms with van der Waals surface area (Å²) < 4.78 is 44.5. The molecule has 2 aromatic carbocycles. The number of amides is 2. The van der Waals surface area contributed by atoms with Crippen molar-refractivity contribution in [1.29, 1.82) is 0 Å². The van der Waals surface area contributed by atoms with Crippen LogP contribution in [-0.2, 0) is 22.2 Å². The summed E-state index contributed by atoms with van der Waals surface area (Å²) in [5, 5.41) is 5.26. The third kappa shape index (κ3) is 4.11. The average molecular weight is 392 g/mol. The minimum absolute atomic E-state index is 0.148. The predicted molar refractivity (Wildman–Crippen MR) is 97.1 cm³/mol. The van der Waals surface area contributed by atoms with Crippen molar-refractivity contribution >= 4 is 17.5 Å². The summed E-state index contributed by atoms with van der Waals surface area (Å²) in [5.41, 5.74) is 0.591. The maximum atomic E-state index is 13.1. The van der Waals surface area contributed by atoms with Crippen LogP contribution in [0.1, 0.15) is 29.5 Å². The molecule has 2 N–H and O–H groups in total. The Labute approximate surface area is 159 Å². The Hall–Kier alpha value is -3.03. The van der Waals surface area contributed by atoms with Gasteiger partial charge in [-0.1, -0.05) is 12.1 Å². The number of hydrogen-bond acceptors (Lipinski definition) is 3. The number of halogens is 3. The number of carbonyl (C=O) groups is 2. The second-order valence-corrected chi connectivity index (χ2v) is 6.62. The van der Waals surface area contributed by atoms with Crippen LogP contribution in [0.5, 0.6) is 5.75 Å². The molecule has 0 unspecified atom stereocenters. The molecule has 0 spiro atoms. The molecule has 0 radical (unpaired) electrons. The zero-order chi connectivity index (χ0) is 20.5. The predicted octanol–water partition coefficient (Wildman–Crippen LogP) is 3.50. The van der Waals surface area contributed by atoms with E-state index in [1.54, 1.807) is 24.3 Å². The van der Waals surface area contributed by atoms with Gasteiger partial charge in [0.25, 0.3) is 0 Å². The lowest BCUT2D eigenvalue weighted by Gasteiger charge is -2.25. The first-order chi connectivity index (χ1) is 13.2. The monoisotopic (exact) mass is 392 g/mol. The molecule has 0 aromatic heterocycles. The first-order valence-corrected chi connectivity index (χ1v) is 8.61. The van der Waals surface area contributed by atoms with Gasteiger partial charge in [-0.2, -0.15) is 13.2 Å². The topological polar surface area (TPSA) is 67.4 Å². The number of methoxy groups -OCH3 is 1. The normalized spacial score (nSPS) is 19.2. The van der Waals surface area contributed by atoms with E-state index in [0.29, 0.717) is 22.6 Å². The van der Waals surface area contributed by atoms with E-state index < -0.39 is 35.5 Å². The van der Waals surface area contributed by atoms with Gasteiger partial charge in [0, 0.05) is 18.5 Å². The Balaban J connectivity index is 2.06. The summed E-state index contributed by atoms with van der Waals surface area (Å²) in [6, 6.07) is 9.19. The van der Waals surface area contributed by atoms with Crippen molar-refractivity contribution in [3.05, 3.63) is 59.2 Å². The largest absolute Gasteiger partial charge is 0.497 e. The molecule has 0 fully saturated rings. The molecule has 0 bridgehead atoms. The van der Waals surface area contributed by atoms with E-state index in [2.05, 4.69) is 10.6 Å². The van der Waals surface area contributed by atoms with Crippen LogP contribution >= 0.6 is 0 Å². The lowest BCUT2D eigenvalue weighted by atomic mass is 9.85. The van der Waals surface area contributed by atoms with E-state index in [1.165, 1.54) is 20.1 Å². The van der Waals surface area contributed by atoms with Crippen LogP contribution in [0.3, 0.4) is 0 Å². The molecule has 1 aliphatic rings. The maximum Gasteiger partial charge on any atom is 0.416 e. The second-order valence-electron chi connectivity index (χ2n) is 6.62. The summed E-state index contributed by atoms with van der Waals surface area (Å²) in [6.07, 6.45) is -4.34. The molecule has 0 saturated carbocycles. The van der Waals surface area contributed by atoms with E-state index in [9.17, 15) is 22.8 Å². The molecular weight excluding hydrogens is 373 g/mol. The minimum atomic E-state index is -4.49. The number of rotatable bonds is 3. The number of hydrogen-bond donors (Lipinski definition) is 2. The highest BCUT2D eigenvalue weighted by Gasteiger charge is 2.36. The van der Waals surface area contributed by atoms with Crippen molar-refractivity contribution in [3.63, 3.8) is 0 Å². The lowest BCUT2D eigenvalue weighted by Crippen LogP contribution is -2.46. The van der Waals surface area contributed by atoms with Crippen molar-refractivity contribution in [2.24, 2.45) is 0 Å². The number of fused-ring (bicyclic) bond motifs is 1. The number of alkyl halides is 3. The van der Waals surface area contributed by atoms with Crippen LogP contribution in [0.2, 0.25) is 0 Å². The number of nitrogens with one attached hydrogen (secondary N) is 2. The van der Waals surface area contributed by atoms with E-state index in [-0.39, 0.29) is 6.42 Å². The highest BCUT2D eigenvalue weighted by molar-refractivity contribution is 5.99. The van der Waals surface area contributed by atoms with Gasteiger partial charge in [-0.15, -0.1) is 0 Å². The number of benzene rings is 2. The first kappa shape index (κ1) is 19.7. The quantitative estimate of drug-likeness (QED) is 0.840. The molecule has 0 aliphatic carbocycles. The SMILES string of the molecule is COc1ccc([C@@H]2Cc3cc(C(F)(F)F)ccc3NC(=O)[C@@H]2NC(C)=O)cc1. The average Bonchev–Trinajstić information content (AvgIpc) is 2.77. The number of carbonyl (C=O) groups excluding carboxylic acids is 2. The zero-order valence-electron chi connectivity index (χ0n) is 15.3. The Morgan fingerprint density at radius 1 is 1.18 bits per heavy atom. The van der Waals surface area contributed by atoms with Crippen molar-refractivity contribution in [1.82, 2.24) is 5.32 Å². The zero-order valence-corrected chi connectivity index (χ0v) is 15.3. The number of anilines is 1. The van der Waals surface area contributed by atoms with Gasteiger partial charge < -0.3 is 15.4 Å². The Kier molecular flexibility index (Phi) is 5.31. The highest BCUT2D eigenvalue weighted by atomic mass is 19.4. The summed E-state index contributed by atoms with van der Waals surface area (Å²) in [6.45, 7) is 1.29. The lowest BCUT2D eigenvalue weighted by molar-refractivity contribution is -0.137. The van der Waals surface area contributed by atoms with E-state index in [1.807, 2.05) is 0 Å². The maximum absolute atomic E-state index is 13.1. The van der Waals surface area contributed by atoms with Gasteiger partial charge in [0.1, 0.15) is 11.8 Å². The molecule has 1 aliphatic heterocycles. The summed E-state index contributed by atoms with van der Waals surface area (Å²) in [7, 11) is 1.52. The molecule has 1 heterocycles. The van der Waals surface area contributed by atoms with Gasteiger partial charge >= 0.3 is 6.18 Å². The van der Waals surface area contributed by atoms with Gasteiger partial charge in [0.2, 0.25) is 11.8 Å². The summed E-state index contributed by atoms with van der Waals surface area (Å²) >= 11 is 0. The molecule has 2 aromatic rings. The molecular formula is C20H19F3N2O3. The molecule has 2 amide bonds. The van der Waals surface area contributed by atoms with E-state index >= 15 is 0 Å². The fraction of sp³-hybridized carbons (Fsp3) is 0.300. The fourth-order valence-corrected chi connectivity index (χ4v) is 3.36. The Bertz CT molecular complexity index is 895. The van der Waals surface area contributed by atoms with Gasteiger partial charge in [-0.3, -0.25) is 9.59 Å². The molecule has 0 saturated heterocycles. The van der Waals surface area contributed by atoms with Crippen molar-refractivity contribution in [2.45, 2.75) is 31.5 Å². The van der Waals surface area contributed by atoms with Crippen molar-refractivity contribution < 1.29 is 27.5 Å². The molecule has 3 rings (SSSR count). The van der Waals surface area contributed by atoms with Gasteiger partial charge in [0.15, 0.2) is 0 Å². The third-order valence-electron chi connectivity index (χ3n) is 4.72. The second kappa shape index (κ2) is 7.53. The Morgan fingerprint density at radius 2 is 1.86 bits per heavy atom. The first-order valence-electron chi connectivity index (χ1n) is 8.61. The van der Waals surface area contributed by atoms with Gasteiger partial charge in [-0.25, -0.2) is 0 Å². The minimum Gasteiger partial charge on any atom is -0.497 e. The Morgan fingerprint density at radius 3 is 2.43 bits per heavy atom. The van der Waals surface area contributed by atoms with E-state index in [4.69, 9.17) is 4.74 Å². The van der Waals surface area contributed by atoms with Gasteiger partial charge in [0.05, 0.1) is 12.7 Å².